The molecule has 2 rings (SSSR count). The SMILES string of the molecule is Cc1ccc2nc(C(C)C)ccc2n1. The van der Waals surface area contributed by atoms with Crippen LogP contribution in [0.15, 0.2) is 24.3 Å². The Morgan fingerprint density at radius 2 is 1.57 bits per heavy atom. The molecule has 2 heteroatoms. The van der Waals surface area contributed by atoms with Gasteiger partial charge in [-0.15, -0.1) is 0 Å². The van der Waals surface area contributed by atoms with E-state index in [1.165, 1.54) is 0 Å². The monoisotopic (exact) mass is 186 g/mol. The van der Waals surface area contributed by atoms with Crippen LogP contribution in [-0.2, 0) is 0 Å². The predicted molar refractivity (Wildman–Crippen MR) is 58.4 cm³/mol. The Morgan fingerprint density at radius 1 is 0.929 bits per heavy atom. The number of hydrogen-bond donors (Lipinski definition) is 0. The third-order valence-electron chi connectivity index (χ3n) is 2.29. The minimum Gasteiger partial charge on any atom is -0.251 e. The van der Waals surface area contributed by atoms with Crippen LogP contribution in [0, 0.1) is 6.92 Å². The fourth-order valence-electron chi connectivity index (χ4n) is 1.45. The molecule has 14 heavy (non-hydrogen) atoms. The van der Waals surface area contributed by atoms with E-state index < -0.39 is 0 Å². The molecule has 0 bridgehead atoms. The molecule has 72 valence electrons. The summed E-state index contributed by atoms with van der Waals surface area (Å²) in [7, 11) is 0. The largest absolute Gasteiger partial charge is 0.251 e. The van der Waals surface area contributed by atoms with Gasteiger partial charge in [-0.25, -0.2) is 0 Å². The van der Waals surface area contributed by atoms with Gasteiger partial charge in [0.25, 0.3) is 0 Å². The van der Waals surface area contributed by atoms with Gasteiger partial charge in [0.1, 0.15) is 0 Å². The number of rotatable bonds is 1. The average molecular weight is 186 g/mol. The lowest BCUT2D eigenvalue weighted by atomic mass is 10.1. The van der Waals surface area contributed by atoms with Gasteiger partial charge < -0.3 is 0 Å². The summed E-state index contributed by atoms with van der Waals surface area (Å²) in [6, 6.07) is 8.13. The quantitative estimate of drug-likeness (QED) is 0.684. The van der Waals surface area contributed by atoms with Gasteiger partial charge in [-0.1, -0.05) is 13.8 Å². The fraction of sp³-hybridized carbons (Fsp3) is 0.333. The molecule has 0 aromatic carbocycles. The lowest BCUT2D eigenvalue weighted by molar-refractivity contribution is 0.829. The zero-order valence-electron chi connectivity index (χ0n) is 8.78. The molecule has 0 saturated carbocycles. The van der Waals surface area contributed by atoms with E-state index in [2.05, 4.69) is 29.9 Å². The molecule has 0 aliphatic carbocycles. The second-order valence-electron chi connectivity index (χ2n) is 3.88. The molecule has 0 spiro atoms. The van der Waals surface area contributed by atoms with Gasteiger partial charge in [0, 0.05) is 11.4 Å². The van der Waals surface area contributed by atoms with Crippen LogP contribution < -0.4 is 0 Å². The van der Waals surface area contributed by atoms with Gasteiger partial charge >= 0.3 is 0 Å². The van der Waals surface area contributed by atoms with Crippen LogP contribution in [0.2, 0.25) is 0 Å². The van der Waals surface area contributed by atoms with Crippen LogP contribution in [0.5, 0.6) is 0 Å². The maximum atomic E-state index is 4.55. The Hall–Kier alpha value is -1.44. The third kappa shape index (κ3) is 1.60. The summed E-state index contributed by atoms with van der Waals surface area (Å²) in [4.78, 5) is 8.97. The van der Waals surface area contributed by atoms with Gasteiger partial charge in [-0.2, -0.15) is 0 Å². The first-order chi connectivity index (χ1) is 6.66. The summed E-state index contributed by atoms with van der Waals surface area (Å²) in [6.07, 6.45) is 0. The van der Waals surface area contributed by atoms with E-state index in [1.807, 2.05) is 25.1 Å². The minimum absolute atomic E-state index is 0.473. The summed E-state index contributed by atoms with van der Waals surface area (Å²) < 4.78 is 0. The highest BCUT2D eigenvalue weighted by Gasteiger charge is 2.02. The summed E-state index contributed by atoms with van der Waals surface area (Å²) in [5, 5.41) is 0. The first-order valence-corrected chi connectivity index (χ1v) is 4.91. The minimum atomic E-state index is 0.473. The lowest BCUT2D eigenvalue weighted by Gasteiger charge is -2.05. The number of pyridine rings is 2. The zero-order valence-corrected chi connectivity index (χ0v) is 8.78. The van der Waals surface area contributed by atoms with Crippen molar-refractivity contribution in [2.75, 3.05) is 0 Å². The smallest absolute Gasteiger partial charge is 0.0890 e. The molecule has 0 amide bonds. The number of fused-ring (bicyclic) bond motifs is 1. The molecule has 2 aromatic heterocycles. The van der Waals surface area contributed by atoms with Crippen molar-refractivity contribution in [2.24, 2.45) is 0 Å². The van der Waals surface area contributed by atoms with E-state index in [4.69, 9.17) is 0 Å². The van der Waals surface area contributed by atoms with Crippen molar-refractivity contribution in [2.45, 2.75) is 26.7 Å². The average Bonchev–Trinajstić information content (AvgIpc) is 2.16. The Labute approximate surface area is 84.0 Å². The van der Waals surface area contributed by atoms with Crippen LogP contribution >= 0.6 is 0 Å². The van der Waals surface area contributed by atoms with Crippen molar-refractivity contribution in [3.8, 4) is 0 Å². The maximum Gasteiger partial charge on any atom is 0.0890 e. The molecular formula is C12H14N2. The number of hydrogen-bond acceptors (Lipinski definition) is 2. The van der Waals surface area contributed by atoms with Crippen LogP contribution in [0.1, 0.15) is 31.2 Å². The van der Waals surface area contributed by atoms with Crippen molar-refractivity contribution in [1.82, 2.24) is 9.97 Å². The number of aryl methyl sites for hydroxylation is 1. The van der Waals surface area contributed by atoms with Crippen molar-refractivity contribution in [1.29, 1.82) is 0 Å². The van der Waals surface area contributed by atoms with E-state index in [1.54, 1.807) is 0 Å². The topological polar surface area (TPSA) is 25.8 Å². The van der Waals surface area contributed by atoms with Crippen molar-refractivity contribution in [3.05, 3.63) is 35.7 Å². The lowest BCUT2D eigenvalue weighted by Crippen LogP contribution is -1.94. The van der Waals surface area contributed by atoms with Crippen molar-refractivity contribution >= 4 is 11.0 Å². The Kier molecular flexibility index (Phi) is 2.20. The van der Waals surface area contributed by atoms with Gasteiger partial charge in [0.2, 0.25) is 0 Å². The molecular weight excluding hydrogens is 172 g/mol. The highest BCUT2D eigenvalue weighted by atomic mass is 14.8. The summed E-state index contributed by atoms with van der Waals surface area (Å²) >= 11 is 0. The second kappa shape index (κ2) is 3.37. The van der Waals surface area contributed by atoms with Gasteiger partial charge in [-0.05, 0) is 37.1 Å². The Balaban J connectivity index is 2.62. The second-order valence-corrected chi connectivity index (χ2v) is 3.88. The molecule has 2 aromatic rings. The number of nitrogens with zero attached hydrogens (tertiary/aromatic N) is 2. The van der Waals surface area contributed by atoms with E-state index in [9.17, 15) is 0 Å². The van der Waals surface area contributed by atoms with Crippen LogP contribution in [-0.4, -0.2) is 9.97 Å². The fourth-order valence-corrected chi connectivity index (χ4v) is 1.45. The van der Waals surface area contributed by atoms with Crippen molar-refractivity contribution in [3.63, 3.8) is 0 Å². The molecule has 0 N–H and O–H groups in total. The zero-order chi connectivity index (χ0) is 10.1. The third-order valence-corrected chi connectivity index (χ3v) is 2.29. The molecule has 2 nitrogen and oxygen atoms in total. The summed E-state index contributed by atoms with van der Waals surface area (Å²) in [5.41, 5.74) is 4.14. The molecule has 2 heterocycles. The molecule has 0 aliphatic heterocycles. The molecule has 0 unspecified atom stereocenters. The van der Waals surface area contributed by atoms with Crippen LogP contribution in [0.25, 0.3) is 11.0 Å². The normalized spacial score (nSPS) is 11.1. The van der Waals surface area contributed by atoms with E-state index >= 15 is 0 Å². The summed E-state index contributed by atoms with van der Waals surface area (Å²) in [5.74, 6) is 0.473. The first-order valence-electron chi connectivity index (χ1n) is 4.91. The van der Waals surface area contributed by atoms with Gasteiger partial charge in [0.15, 0.2) is 0 Å². The Morgan fingerprint density at radius 3 is 2.29 bits per heavy atom. The highest BCUT2D eigenvalue weighted by molar-refractivity contribution is 5.74. The van der Waals surface area contributed by atoms with Gasteiger partial charge in [-0.3, -0.25) is 9.97 Å². The molecule has 0 atom stereocenters. The van der Waals surface area contributed by atoms with Gasteiger partial charge in [0.05, 0.1) is 11.0 Å². The molecule has 0 saturated heterocycles. The predicted octanol–water partition coefficient (Wildman–Crippen LogP) is 3.06. The summed E-state index contributed by atoms with van der Waals surface area (Å²) in [6.45, 7) is 6.29. The Bertz CT molecular complexity index is 461. The van der Waals surface area contributed by atoms with E-state index in [-0.39, 0.29) is 0 Å². The molecule has 0 aliphatic rings. The first kappa shape index (κ1) is 9.13. The van der Waals surface area contributed by atoms with Crippen LogP contribution in [0.4, 0.5) is 0 Å². The number of aromatic nitrogens is 2. The highest BCUT2D eigenvalue weighted by Crippen LogP contribution is 2.16. The van der Waals surface area contributed by atoms with E-state index in [0.29, 0.717) is 5.92 Å². The van der Waals surface area contributed by atoms with Crippen LogP contribution in [0.3, 0.4) is 0 Å². The molecule has 0 radical (unpaired) electrons. The maximum absolute atomic E-state index is 4.55. The van der Waals surface area contributed by atoms with Crippen molar-refractivity contribution < 1.29 is 0 Å². The van der Waals surface area contributed by atoms with E-state index in [0.717, 1.165) is 22.4 Å². The molecule has 0 fully saturated rings. The standard InChI is InChI=1S/C12H14N2/c1-8(2)10-6-7-11-12(14-10)5-4-9(3)13-11/h4-8H,1-3H3.